The summed E-state index contributed by atoms with van der Waals surface area (Å²) in [4.78, 5) is 4.94. The van der Waals surface area contributed by atoms with Gasteiger partial charge < -0.3 is 0 Å². The largest absolute Gasteiger partial charge is 0.256 e. The van der Waals surface area contributed by atoms with Crippen LogP contribution in [0.2, 0.25) is 0 Å². The number of rotatable bonds is 4. The van der Waals surface area contributed by atoms with Gasteiger partial charge in [0.15, 0.2) is 0 Å². The van der Waals surface area contributed by atoms with E-state index in [9.17, 15) is 0 Å². The summed E-state index contributed by atoms with van der Waals surface area (Å²) in [5, 5.41) is 7.44. The third kappa shape index (κ3) is 4.15. The van der Waals surface area contributed by atoms with Crippen LogP contribution >= 0.6 is 0 Å². The highest BCUT2D eigenvalue weighted by Crippen LogP contribution is 2.40. The maximum atomic E-state index is 4.94. The lowest BCUT2D eigenvalue weighted by Crippen LogP contribution is -1.91. The molecule has 1 aromatic heterocycles. The zero-order valence-electron chi connectivity index (χ0n) is 23.0. The molecule has 7 aromatic carbocycles. The van der Waals surface area contributed by atoms with Crippen LogP contribution in [-0.4, -0.2) is 4.98 Å². The second-order valence-electron chi connectivity index (χ2n) is 10.8. The minimum Gasteiger partial charge on any atom is -0.256 e. The van der Waals surface area contributed by atoms with Crippen LogP contribution in [0.3, 0.4) is 0 Å². The third-order valence-corrected chi connectivity index (χ3v) is 8.33. The monoisotopic (exact) mass is 533 g/mol. The van der Waals surface area contributed by atoms with Crippen molar-refractivity contribution in [2.45, 2.75) is 0 Å². The van der Waals surface area contributed by atoms with E-state index in [1.165, 1.54) is 54.6 Å². The molecule has 0 saturated heterocycles. The minimum atomic E-state index is 1.00. The highest BCUT2D eigenvalue weighted by Gasteiger charge is 2.14. The van der Waals surface area contributed by atoms with Crippen molar-refractivity contribution in [3.63, 3.8) is 0 Å². The molecule has 8 aromatic rings. The molecular formula is C41H27N. The fourth-order valence-corrected chi connectivity index (χ4v) is 6.28. The number of fused-ring (bicyclic) bond motifs is 3. The quantitative estimate of drug-likeness (QED) is 0.205. The Morgan fingerprint density at radius 3 is 1.60 bits per heavy atom. The van der Waals surface area contributed by atoms with E-state index in [2.05, 4.69) is 152 Å². The summed E-state index contributed by atoms with van der Waals surface area (Å²) in [6, 6.07) is 56.7. The number of pyridine rings is 1. The number of nitrogens with zero attached hydrogens (tertiary/aromatic N) is 1. The molecule has 0 radical (unpaired) electrons. The second-order valence-corrected chi connectivity index (χ2v) is 10.8. The van der Waals surface area contributed by atoms with Crippen LogP contribution < -0.4 is 0 Å². The Morgan fingerprint density at radius 1 is 0.310 bits per heavy atom. The summed E-state index contributed by atoms with van der Waals surface area (Å²) in [5.41, 5.74) is 9.40. The molecular weight excluding hydrogens is 506 g/mol. The second kappa shape index (κ2) is 10.1. The molecule has 196 valence electrons. The molecule has 0 saturated carbocycles. The van der Waals surface area contributed by atoms with Crippen molar-refractivity contribution in [3.8, 4) is 44.6 Å². The van der Waals surface area contributed by atoms with E-state index in [1.54, 1.807) is 0 Å². The standard InChI is InChI=1S/C41H27N/c1-2-10-28(11-3-1)29-21-23-31(24-22-29)35-20-9-25-42-41(35)38-19-8-15-33-26-39-32(27-40(33)38)14-7-18-37(39)36-17-6-13-30-12-4-5-16-34(30)36/h1-27H. The van der Waals surface area contributed by atoms with Crippen LogP contribution in [-0.2, 0) is 0 Å². The van der Waals surface area contributed by atoms with E-state index in [-0.39, 0.29) is 0 Å². The van der Waals surface area contributed by atoms with Gasteiger partial charge in [0.25, 0.3) is 0 Å². The van der Waals surface area contributed by atoms with Crippen molar-refractivity contribution in [1.82, 2.24) is 4.98 Å². The lowest BCUT2D eigenvalue weighted by molar-refractivity contribution is 1.33. The maximum Gasteiger partial charge on any atom is 0.0786 e. The van der Waals surface area contributed by atoms with E-state index in [0.717, 1.165) is 22.4 Å². The Bertz CT molecular complexity index is 2220. The van der Waals surface area contributed by atoms with Crippen molar-refractivity contribution in [2.75, 3.05) is 0 Å². The van der Waals surface area contributed by atoms with Gasteiger partial charge in [-0.3, -0.25) is 4.98 Å². The van der Waals surface area contributed by atoms with Crippen molar-refractivity contribution >= 4 is 32.3 Å². The molecule has 0 fully saturated rings. The van der Waals surface area contributed by atoms with Crippen molar-refractivity contribution in [2.24, 2.45) is 0 Å². The number of aromatic nitrogens is 1. The molecule has 0 bridgehead atoms. The van der Waals surface area contributed by atoms with Gasteiger partial charge >= 0.3 is 0 Å². The number of hydrogen-bond acceptors (Lipinski definition) is 1. The van der Waals surface area contributed by atoms with E-state index in [1.807, 2.05) is 12.3 Å². The predicted octanol–water partition coefficient (Wildman–Crippen LogP) is 11.2. The smallest absolute Gasteiger partial charge is 0.0786 e. The maximum absolute atomic E-state index is 4.94. The molecule has 0 amide bonds. The summed E-state index contributed by atoms with van der Waals surface area (Å²) >= 11 is 0. The summed E-state index contributed by atoms with van der Waals surface area (Å²) in [6.07, 6.45) is 1.90. The fourth-order valence-electron chi connectivity index (χ4n) is 6.28. The molecule has 0 unspecified atom stereocenters. The summed E-state index contributed by atoms with van der Waals surface area (Å²) in [5.74, 6) is 0. The van der Waals surface area contributed by atoms with Crippen LogP contribution in [0.15, 0.2) is 164 Å². The van der Waals surface area contributed by atoms with Crippen LogP contribution in [0, 0.1) is 0 Å². The predicted molar refractivity (Wildman–Crippen MR) is 178 cm³/mol. The van der Waals surface area contributed by atoms with E-state index in [0.29, 0.717) is 0 Å². The van der Waals surface area contributed by atoms with Crippen molar-refractivity contribution in [3.05, 3.63) is 164 Å². The molecule has 1 nitrogen and oxygen atoms in total. The van der Waals surface area contributed by atoms with E-state index >= 15 is 0 Å². The van der Waals surface area contributed by atoms with Gasteiger partial charge in [0, 0.05) is 17.3 Å². The third-order valence-electron chi connectivity index (χ3n) is 8.33. The molecule has 0 aliphatic carbocycles. The van der Waals surface area contributed by atoms with Gasteiger partial charge in [0.1, 0.15) is 0 Å². The first-order valence-electron chi connectivity index (χ1n) is 14.4. The highest BCUT2D eigenvalue weighted by molar-refractivity contribution is 6.12. The van der Waals surface area contributed by atoms with E-state index < -0.39 is 0 Å². The SMILES string of the molecule is c1ccc(-c2ccc(-c3cccnc3-c3cccc4cc5c(-c6cccc7ccccc67)cccc5cc34)cc2)cc1. The molecule has 0 atom stereocenters. The normalized spacial score (nSPS) is 11.3. The average molecular weight is 534 g/mol. The summed E-state index contributed by atoms with van der Waals surface area (Å²) < 4.78 is 0. The topological polar surface area (TPSA) is 12.9 Å². The molecule has 1 heterocycles. The molecule has 0 spiro atoms. The van der Waals surface area contributed by atoms with Crippen molar-refractivity contribution < 1.29 is 0 Å². The molecule has 0 N–H and O–H groups in total. The molecule has 0 aliphatic heterocycles. The Balaban J connectivity index is 1.28. The van der Waals surface area contributed by atoms with Crippen molar-refractivity contribution in [1.29, 1.82) is 0 Å². The molecule has 42 heavy (non-hydrogen) atoms. The summed E-state index contributed by atoms with van der Waals surface area (Å²) in [6.45, 7) is 0. The minimum absolute atomic E-state index is 1.00. The first-order valence-corrected chi connectivity index (χ1v) is 14.4. The van der Waals surface area contributed by atoms with Crippen LogP contribution in [0.1, 0.15) is 0 Å². The molecule has 8 rings (SSSR count). The first kappa shape index (κ1) is 24.3. The van der Waals surface area contributed by atoms with E-state index in [4.69, 9.17) is 4.98 Å². The average Bonchev–Trinajstić information content (AvgIpc) is 3.07. The Morgan fingerprint density at radius 2 is 0.833 bits per heavy atom. The zero-order chi connectivity index (χ0) is 27.9. The van der Waals surface area contributed by atoms with Gasteiger partial charge in [-0.1, -0.05) is 140 Å². The van der Waals surface area contributed by atoms with Gasteiger partial charge in [-0.25, -0.2) is 0 Å². The van der Waals surface area contributed by atoms with Gasteiger partial charge in [-0.2, -0.15) is 0 Å². The Hall–Kier alpha value is -5.53. The zero-order valence-corrected chi connectivity index (χ0v) is 23.0. The first-order chi connectivity index (χ1) is 20.8. The fraction of sp³-hybridized carbons (Fsp3) is 0. The van der Waals surface area contributed by atoms with Crippen LogP contribution in [0.5, 0.6) is 0 Å². The lowest BCUT2D eigenvalue weighted by atomic mass is 9.90. The number of benzene rings is 7. The Kier molecular flexibility index (Phi) is 5.86. The lowest BCUT2D eigenvalue weighted by Gasteiger charge is -2.15. The highest BCUT2D eigenvalue weighted by atomic mass is 14.7. The van der Waals surface area contributed by atoms with Gasteiger partial charge in [-0.05, 0) is 78.3 Å². The Labute approximate surface area is 245 Å². The van der Waals surface area contributed by atoms with Gasteiger partial charge in [0.05, 0.1) is 5.69 Å². The molecule has 0 aliphatic rings. The van der Waals surface area contributed by atoms with Gasteiger partial charge in [0.2, 0.25) is 0 Å². The van der Waals surface area contributed by atoms with Gasteiger partial charge in [-0.15, -0.1) is 0 Å². The van der Waals surface area contributed by atoms with Crippen LogP contribution in [0.4, 0.5) is 0 Å². The number of hydrogen-bond donors (Lipinski definition) is 0. The summed E-state index contributed by atoms with van der Waals surface area (Å²) in [7, 11) is 0. The van der Waals surface area contributed by atoms with Crippen LogP contribution in [0.25, 0.3) is 77.0 Å². The molecule has 1 heteroatoms.